The first-order valence-electron chi connectivity index (χ1n) is 10.6. The number of aromatic nitrogens is 4. The number of rotatable bonds is 4. The Bertz CT molecular complexity index is 890. The van der Waals surface area contributed by atoms with Crippen LogP contribution in [-0.4, -0.2) is 43.9 Å². The summed E-state index contributed by atoms with van der Waals surface area (Å²) >= 11 is 0. The highest BCUT2D eigenvalue weighted by atomic mass is 19.3. The molecule has 2 heterocycles. The van der Waals surface area contributed by atoms with E-state index in [2.05, 4.69) is 19.9 Å². The first kappa shape index (κ1) is 21.7. The predicted octanol–water partition coefficient (Wildman–Crippen LogP) is 4.79. The maximum atomic E-state index is 13.8. The monoisotopic (exact) mass is 438 g/mol. The third kappa shape index (κ3) is 5.04. The Morgan fingerprint density at radius 2 is 1.39 bits per heavy atom. The van der Waals surface area contributed by atoms with E-state index in [1.807, 2.05) is 24.0 Å². The van der Waals surface area contributed by atoms with Crippen molar-refractivity contribution in [2.24, 2.45) is 0 Å². The molecule has 2 aliphatic rings. The van der Waals surface area contributed by atoms with Gasteiger partial charge in [-0.3, -0.25) is 0 Å². The highest BCUT2D eigenvalue weighted by Crippen LogP contribution is 2.41. The topological polar surface area (TPSA) is 80.8 Å². The van der Waals surface area contributed by atoms with E-state index in [0.29, 0.717) is 5.69 Å². The molecule has 2 N–H and O–H groups in total. The summed E-state index contributed by atoms with van der Waals surface area (Å²) in [5.41, 5.74) is 7.25. The smallest absolute Gasteiger partial charge is 0.248 e. The van der Waals surface area contributed by atoms with E-state index in [0.717, 1.165) is 5.69 Å². The third-order valence-electron chi connectivity index (χ3n) is 6.15. The summed E-state index contributed by atoms with van der Waals surface area (Å²) < 4.78 is 55.2. The molecule has 0 atom stereocenters. The molecule has 0 amide bonds. The number of aryl methyl sites for hydroxylation is 1. The van der Waals surface area contributed by atoms with Crippen LogP contribution in [-0.2, 0) is 0 Å². The van der Waals surface area contributed by atoms with Crippen LogP contribution in [0.15, 0.2) is 18.2 Å². The van der Waals surface area contributed by atoms with E-state index in [4.69, 9.17) is 5.73 Å². The van der Waals surface area contributed by atoms with Gasteiger partial charge in [0.2, 0.25) is 23.7 Å². The normalized spacial score (nSPS) is 21.7. The molecule has 2 aromatic rings. The Morgan fingerprint density at radius 1 is 0.839 bits per heavy atom. The summed E-state index contributed by atoms with van der Waals surface area (Å²) in [5.74, 6) is -4.89. The average molecular weight is 438 g/mol. The van der Waals surface area contributed by atoms with Crippen LogP contribution >= 0.6 is 0 Å². The van der Waals surface area contributed by atoms with E-state index in [1.165, 1.54) is 0 Å². The van der Waals surface area contributed by atoms with Gasteiger partial charge in [-0.15, -0.1) is 0 Å². The molecule has 0 saturated heterocycles. The third-order valence-corrected chi connectivity index (χ3v) is 6.15. The summed E-state index contributed by atoms with van der Waals surface area (Å²) in [5, 5.41) is 0. The summed E-state index contributed by atoms with van der Waals surface area (Å²) in [4.78, 5) is 19.3. The molecule has 168 valence electrons. The zero-order valence-electron chi connectivity index (χ0n) is 17.4. The number of nitrogens with two attached hydrogens (primary N) is 1. The summed E-state index contributed by atoms with van der Waals surface area (Å²) in [6.07, 6.45) is -0.0261. The number of anilines is 2. The van der Waals surface area contributed by atoms with Gasteiger partial charge in [0.25, 0.3) is 0 Å². The molecule has 0 aliphatic heterocycles. The standard InChI is InChI=1S/C21H26F4N6/c1-13-3-2-4-16(27-13)17-28-18(26)30-19(29-17)31(14-5-9-20(22,23)10-6-14)15-7-11-21(24,25)12-8-15/h2-4,14-15H,5-12H2,1H3,(H2,26,28,29,30). The fourth-order valence-electron chi connectivity index (χ4n) is 4.51. The Kier molecular flexibility index (Phi) is 5.74. The molecular formula is C21H26F4N6. The van der Waals surface area contributed by atoms with Gasteiger partial charge < -0.3 is 10.6 Å². The fourth-order valence-corrected chi connectivity index (χ4v) is 4.51. The number of nitrogens with zero attached hydrogens (tertiary/aromatic N) is 5. The van der Waals surface area contributed by atoms with Crippen LogP contribution in [0.4, 0.5) is 29.5 Å². The molecule has 2 aromatic heterocycles. The lowest BCUT2D eigenvalue weighted by atomic mass is 9.86. The van der Waals surface area contributed by atoms with Gasteiger partial charge in [0.1, 0.15) is 5.69 Å². The van der Waals surface area contributed by atoms with E-state index in [-0.39, 0.29) is 81.2 Å². The minimum absolute atomic E-state index is 0.0180. The van der Waals surface area contributed by atoms with Crippen molar-refractivity contribution in [2.75, 3.05) is 10.6 Å². The Hall–Kier alpha value is -2.52. The second-order valence-corrected chi connectivity index (χ2v) is 8.56. The van der Waals surface area contributed by atoms with E-state index < -0.39 is 11.8 Å². The zero-order valence-corrected chi connectivity index (χ0v) is 17.4. The van der Waals surface area contributed by atoms with Crippen LogP contribution in [0.3, 0.4) is 0 Å². The summed E-state index contributed by atoms with van der Waals surface area (Å²) in [7, 11) is 0. The van der Waals surface area contributed by atoms with Crippen molar-refractivity contribution in [3.05, 3.63) is 23.9 Å². The van der Waals surface area contributed by atoms with Crippen LogP contribution in [0.25, 0.3) is 11.5 Å². The highest BCUT2D eigenvalue weighted by molar-refractivity contribution is 5.54. The number of hydrogen-bond donors (Lipinski definition) is 1. The SMILES string of the molecule is Cc1cccc(-c2nc(N)nc(N(C3CCC(F)(F)CC3)C3CCC(F)(F)CC3)n2)n1. The number of alkyl halides is 4. The lowest BCUT2D eigenvalue weighted by molar-refractivity contribution is -0.0459. The van der Waals surface area contributed by atoms with Gasteiger partial charge in [-0.05, 0) is 44.7 Å². The predicted molar refractivity (Wildman–Crippen MR) is 109 cm³/mol. The molecule has 10 heteroatoms. The van der Waals surface area contributed by atoms with Crippen LogP contribution in [0.2, 0.25) is 0 Å². The van der Waals surface area contributed by atoms with Gasteiger partial charge >= 0.3 is 0 Å². The second-order valence-electron chi connectivity index (χ2n) is 8.56. The van der Waals surface area contributed by atoms with E-state index in [9.17, 15) is 17.6 Å². The van der Waals surface area contributed by atoms with E-state index >= 15 is 0 Å². The van der Waals surface area contributed by atoms with Gasteiger partial charge in [-0.1, -0.05) is 6.07 Å². The molecule has 31 heavy (non-hydrogen) atoms. The molecule has 0 spiro atoms. The molecule has 2 fully saturated rings. The van der Waals surface area contributed by atoms with Crippen molar-refractivity contribution >= 4 is 11.9 Å². The first-order chi connectivity index (χ1) is 14.6. The van der Waals surface area contributed by atoms with Gasteiger partial charge in [0.15, 0.2) is 5.82 Å². The molecule has 6 nitrogen and oxygen atoms in total. The molecule has 2 saturated carbocycles. The maximum absolute atomic E-state index is 13.8. The number of hydrogen-bond acceptors (Lipinski definition) is 6. The lowest BCUT2D eigenvalue weighted by Gasteiger charge is -2.43. The van der Waals surface area contributed by atoms with Gasteiger partial charge in [-0.2, -0.15) is 15.0 Å². The highest BCUT2D eigenvalue weighted by Gasteiger charge is 2.43. The zero-order chi connectivity index (χ0) is 22.2. The largest absolute Gasteiger partial charge is 0.368 e. The van der Waals surface area contributed by atoms with Crippen molar-refractivity contribution in [3.63, 3.8) is 0 Å². The van der Waals surface area contributed by atoms with Crippen LogP contribution in [0, 0.1) is 6.92 Å². The second kappa shape index (κ2) is 8.20. The van der Waals surface area contributed by atoms with Gasteiger partial charge in [0, 0.05) is 43.5 Å². The van der Waals surface area contributed by atoms with E-state index in [1.54, 1.807) is 6.07 Å². The first-order valence-corrected chi connectivity index (χ1v) is 10.6. The fraction of sp³-hybridized carbons (Fsp3) is 0.619. The number of pyridine rings is 1. The van der Waals surface area contributed by atoms with Gasteiger partial charge in [0.05, 0.1) is 0 Å². The molecule has 4 rings (SSSR count). The summed E-state index contributed by atoms with van der Waals surface area (Å²) in [6.45, 7) is 1.84. The molecule has 2 aliphatic carbocycles. The molecule has 0 unspecified atom stereocenters. The molecule has 0 aromatic carbocycles. The summed E-state index contributed by atoms with van der Waals surface area (Å²) in [6, 6.07) is 4.87. The van der Waals surface area contributed by atoms with Crippen molar-refractivity contribution in [3.8, 4) is 11.5 Å². The lowest BCUT2D eigenvalue weighted by Crippen LogP contribution is -2.50. The molecule has 0 radical (unpaired) electrons. The average Bonchev–Trinajstić information content (AvgIpc) is 2.70. The van der Waals surface area contributed by atoms with Crippen molar-refractivity contribution in [1.29, 1.82) is 0 Å². The minimum Gasteiger partial charge on any atom is -0.368 e. The minimum atomic E-state index is -2.70. The molecule has 0 bridgehead atoms. The molecular weight excluding hydrogens is 412 g/mol. The van der Waals surface area contributed by atoms with Gasteiger partial charge in [-0.25, -0.2) is 22.5 Å². The number of halogens is 4. The van der Waals surface area contributed by atoms with Crippen molar-refractivity contribution in [2.45, 2.75) is 82.2 Å². The quantitative estimate of drug-likeness (QED) is 0.692. The Balaban J connectivity index is 1.69. The van der Waals surface area contributed by atoms with Crippen LogP contribution < -0.4 is 10.6 Å². The number of nitrogen functional groups attached to an aromatic ring is 1. The Labute approximate surface area is 178 Å². The van der Waals surface area contributed by atoms with Crippen molar-refractivity contribution in [1.82, 2.24) is 19.9 Å². The van der Waals surface area contributed by atoms with Crippen LogP contribution in [0.5, 0.6) is 0 Å². The maximum Gasteiger partial charge on any atom is 0.248 e. The van der Waals surface area contributed by atoms with Crippen molar-refractivity contribution < 1.29 is 17.6 Å². The Morgan fingerprint density at radius 3 is 1.90 bits per heavy atom. The van der Waals surface area contributed by atoms with Crippen LogP contribution in [0.1, 0.15) is 57.1 Å².